The van der Waals surface area contributed by atoms with E-state index in [2.05, 4.69) is 0 Å². The number of epoxide rings is 1. The summed E-state index contributed by atoms with van der Waals surface area (Å²) in [7, 11) is 0. The van der Waals surface area contributed by atoms with Crippen LogP contribution in [0, 0.1) is 0 Å². The van der Waals surface area contributed by atoms with Gasteiger partial charge < -0.3 is 19.7 Å². The second-order valence-corrected chi connectivity index (χ2v) is 4.70. The average Bonchev–Trinajstić information content (AvgIpc) is 3.12. The first-order chi connectivity index (χ1) is 8.24. The van der Waals surface area contributed by atoms with Crippen molar-refractivity contribution in [3.05, 3.63) is 29.3 Å². The molecule has 4 heteroatoms. The molecule has 0 aromatic heterocycles. The molecule has 1 aliphatic heterocycles. The average molecular weight is 236 g/mol. The highest BCUT2D eigenvalue weighted by Crippen LogP contribution is 2.30. The predicted octanol–water partition coefficient (Wildman–Crippen LogP) is 0.285. The third-order valence-electron chi connectivity index (χ3n) is 3.34. The van der Waals surface area contributed by atoms with E-state index >= 15 is 0 Å². The topological polar surface area (TPSA) is 62.2 Å². The molecule has 3 atom stereocenters. The highest BCUT2D eigenvalue weighted by atomic mass is 16.6. The molecule has 17 heavy (non-hydrogen) atoms. The van der Waals surface area contributed by atoms with Crippen LogP contribution in [0.3, 0.4) is 0 Å². The maximum absolute atomic E-state index is 9.71. The van der Waals surface area contributed by atoms with Gasteiger partial charge in [0, 0.05) is 18.4 Å². The van der Waals surface area contributed by atoms with Gasteiger partial charge in [-0.2, -0.15) is 0 Å². The minimum atomic E-state index is -0.690. The quantitative estimate of drug-likeness (QED) is 0.740. The van der Waals surface area contributed by atoms with E-state index < -0.39 is 12.2 Å². The summed E-state index contributed by atoms with van der Waals surface area (Å²) in [5, 5.41) is 19.3. The van der Waals surface area contributed by atoms with E-state index in [-0.39, 0.29) is 6.10 Å². The molecule has 0 bridgehead atoms. The molecule has 0 radical (unpaired) electrons. The molecule has 1 aromatic rings. The Balaban J connectivity index is 1.81. The van der Waals surface area contributed by atoms with Crippen LogP contribution in [0.15, 0.2) is 18.2 Å². The molecule has 1 saturated heterocycles. The third-order valence-corrected chi connectivity index (χ3v) is 3.34. The molecule has 1 aliphatic carbocycles. The Morgan fingerprint density at radius 1 is 1.24 bits per heavy atom. The van der Waals surface area contributed by atoms with Crippen molar-refractivity contribution in [2.75, 3.05) is 13.2 Å². The highest BCUT2D eigenvalue weighted by molar-refractivity contribution is 5.43. The predicted molar refractivity (Wildman–Crippen MR) is 61.1 cm³/mol. The van der Waals surface area contributed by atoms with Gasteiger partial charge in [0.25, 0.3) is 0 Å². The molecule has 4 nitrogen and oxygen atoms in total. The van der Waals surface area contributed by atoms with Crippen molar-refractivity contribution < 1.29 is 19.7 Å². The van der Waals surface area contributed by atoms with Gasteiger partial charge in [-0.3, -0.25) is 0 Å². The van der Waals surface area contributed by atoms with Gasteiger partial charge in [-0.25, -0.2) is 0 Å². The van der Waals surface area contributed by atoms with E-state index in [0.717, 1.165) is 23.5 Å². The smallest absolute Gasteiger partial charge is 0.123 e. The van der Waals surface area contributed by atoms with Crippen LogP contribution in [0.5, 0.6) is 5.75 Å². The van der Waals surface area contributed by atoms with Crippen molar-refractivity contribution in [2.24, 2.45) is 0 Å². The van der Waals surface area contributed by atoms with Gasteiger partial charge in [-0.15, -0.1) is 0 Å². The van der Waals surface area contributed by atoms with Gasteiger partial charge in [0.05, 0.1) is 18.8 Å². The summed E-state index contributed by atoms with van der Waals surface area (Å²) in [5.41, 5.74) is 2.09. The molecule has 1 unspecified atom stereocenters. The summed E-state index contributed by atoms with van der Waals surface area (Å²) in [6.45, 7) is 1.34. The molecular weight excluding hydrogens is 220 g/mol. The number of fused-ring (bicyclic) bond motifs is 1. The van der Waals surface area contributed by atoms with Crippen LogP contribution in [0.4, 0.5) is 0 Å². The Bertz CT molecular complexity index is 414. The second kappa shape index (κ2) is 4.29. The standard InChI is InChI=1S/C13H16O4/c14-11-4-8-2-1-3-13(10(8)5-12(11)15)17-7-9-6-16-9/h1-3,9,11-12,14-15H,4-7H2/t9?,11-,12+/m1/s1. The van der Waals surface area contributed by atoms with Gasteiger partial charge in [-0.1, -0.05) is 12.1 Å². The largest absolute Gasteiger partial charge is 0.490 e. The van der Waals surface area contributed by atoms with Crippen LogP contribution in [0.25, 0.3) is 0 Å². The Hall–Kier alpha value is -1.10. The summed E-state index contributed by atoms with van der Waals surface area (Å²) in [5.74, 6) is 0.809. The fourth-order valence-corrected chi connectivity index (χ4v) is 2.22. The number of benzene rings is 1. The van der Waals surface area contributed by atoms with Crippen molar-refractivity contribution in [3.63, 3.8) is 0 Å². The zero-order valence-corrected chi connectivity index (χ0v) is 9.50. The van der Waals surface area contributed by atoms with E-state index in [4.69, 9.17) is 9.47 Å². The molecule has 3 rings (SSSR count). The van der Waals surface area contributed by atoms with Crippen molar-refractivity contribution in [1.82, 2.24) is 0 Å². The van der Waals surface area contributed by atoms with Crippen molar-refractivity contribution in [1.29, 1.82) is 0 Å². The zero-order valence-electron chi connectivity index (χ0n) is 9.50. The first-order valence-electron chi connectivity index (χ1n) is 5.95. The molecular formula is C13H16O4. The Morgan fingerprint density at radius 3 is 2.76 bits per heavy atom. The number of hydrogen-bond acceptors (Lipinski definition) is 4. The number of aliphatic hydroxyl groups excluding tert-OH is 2. The first-order valence-corrected chi connectivity index (χ1v) is 5.95. The molecule has 2 aliphatic rings. The highest BCUT2D eigenvalue weighted by Gasteiger charge is 2.28. The molecule has 1 aromatic carbocycles. The number of hydrogen-bond donors (Lipinski definition) is 2. The fourth-order valence-electron chi connectivity index (χ4n) is 2.22. The monoisotopic (exact) mass is 236 g/mol. The Labute approximate surface area is 99.8 Å². The van der Waals surface area contributed by atoms with Gasteiger partial charge in [0.2, 0.25) is 0 Å². The lowest BCUT2D eigenvalue weighted by Crippen LogP contribution is -2.34. The van der Waals surface area contributed by atoms with Gasteiger partial charge in [0.15, 0.2) is 0 Å². The lowest BCUT2D eigenvalue weighted by atomic mass is 9.87. The van der Waals surface area contributed by atoms with E-state index in [9.17, 15) is 10.2 Å². The van der Waals surface area contributed by atoms with Gasteiger partial charge in [0.1, 0.15) is 18.5 Å². The van der Waals surface area contributed by atoms with Crippen LogP contribution in [-0.2, 0) is 17.6 Å². The van der Waals surface area contributed by atoms with E-state index in [1.54, 1.807) is 0 Å². The number of aliphatic hydroxyl groups is 2. The fraction of sp³-hybridized carbons (Fsp3) is 0.538. The summed E-state index contributed by atoms with van der Waals surface area (Å²) < 4.78 is 10.8. The number of rotatable bonds is 3. The summed E-state index contributed by atoms with van der Waals surface area (Å²) >= 11 is 0. The van der Waals surface area contributed by atoms with E-state index in [0.29, 0.717) is 19.4 Å². The van der Waals surface area contributed by atoms with Gasteiger partial charge >= 0.3 is 0 Å². The Kier molecular flexibility index (Phi) is 2.78. The van der Waals surface area contributed by atoms with Crippen LogP contribution in [-0.4, -0.2) is 41.7 Å². The molecule has 0 spiro atoms. The van der Waals surface area contributed by atoms with Crippen molar-refractivity contribution in [3.8, 4) is 5.75 Å². The van der Waals surface area contributed by atoms with E-state index in [1.165, 1.54) is 0 Å². The minimum Gasteiger partial charge on any atom is -0.490 e. The summed E-state index contributed by atoms with van der Waals surface area (Å²) in [6.07, 6.45) is -0.176. The lowest BCUT2D eigenvalue weighted by Gasteiger charge is -2.27. The Morgan fingerprint density at radius 2 is 2.00 bits per heavy atom. The van der Waals surface area contributed by atoms with Crippen molar-refractivity contribution in [2.45, 2.75) is 31.2 Å². The molecule has 92 valence electrons. The second-order valence-electron chi connectivity index (χ2n) is 4.70. The van der Waals surface area contributed by atoms with E-state index in [1.807, 2.05) is 18.2 Å². The molecule has 0 saturated carbocycles. The maximum atomic E-state index is 9.71. The maximum Gasteiger partial charge on any atom is 0.123 e. The summed E-state index contributed by atoms with van der Waals surface area (Å²) in [4.78, 5) is 0. The van der Waals surface area contributed by atoms with Crippen molar-refractivity contribution >= 4 is 0 Å². The van der Waals surface area contributed by atoms with Crippen LogP contribution < -0.4 is 4.74 Å². The van der Waals surface area contributed by atoms with Crippen LogP contribution in [0.2, 0.25) is 0 Å². The first kappa shape index (κ1) is 11.0. The minimum absolute atomic E-state index is 0.227. The molecule has 2 N–H and O–H groups in total. The molecule has 0 amide bonds. The van der Waals surface area contributed by atoms with Crippen LogP contribution in [0.1, 0.15) is 11.1 Å². The normalized spacial score (nSPS) is 30.8. The molecule has 1 heterocycles. The third kappa shape index (κ3) is 2.29. The SMILES string of the molecule is O[C@@H]1Cc2cccc(OCC3CO3)c2C[C@@H]1O. The summed E-state index contributed by atoms with van der Waals surface area (Å²) in [6, 6.07) is 5.81. The lowest BCUT2D eigenvalue weighted by molar-refractivity contribution is 0.0135. The van der Waals surface area contributed by atoms with Crippen LogP contribution >= 0.6 is 0 Å². The number of ether oxygens (including phenoxy) is 2. The molecule has 1 fully saturated rings. The zero-order chi connectivity index (χ0) is 11.8. The van der Waals surface area contributed by atoms with Gasteiger partial charge in [-0.05, 0) is 11.6 Å².